The average Bonchev–Trinajstić information content (AvgIpc) is 3.93. The summed E-state index contributed by atoms with van der Waals surface area (Å²) >= 11 is 0. The van der Waals surface area contributed by atoms with Crippen LogP contribution in [0.3, 0.4) is 0 Å². The van der Waals surface area contributed by atoms with Crippen molar-refractivity contribution in [2.24, 2.45) is 0 Å². The molecule has 314 valence electrons. The number of hydrogen-bond acceptors (Lipinski definition) is 2. The normalized spacial score (nSPS) is 14.0. The number of para-hydroxylation sites is 1. The Morgan fingerprint density at radius 3 is 1.61 bits per heavy atom. The highest BCUT2D eigenvalue weighted by molar-refractivity contribution is 6.11. The van der Waals surface area contributed by atoms with Crippen LogP contribution in [-0.2, 0) is 10.8 Å². The molecule has 13 rings (SSSR count). The molecule has 0 saturated heterocycles. The second-order valence-corrected chi connectivity index (χ2v) is 19.3. The molecule has 0 spiro atoms. The quantitative estimate of drug-likeness (QED) is 0.166. The molecule has 2 aliphatic rings. The molecule has 11 aromatic rings. The molecule has 0 unspecified atom stereocenters. The van der Waals surface area contributed by atoms with Gasteiger partial charge in [-0.05, 0) is 155 Å². The highest BCUT2D eigenvalue weighted by Crippen LogP contribution is 2.55. The highest BCUT2D eigenvalue weighted by Gasteiger charge is 2.38. The van der Waals surface area contributed by atoms with E-state index in [0.29, 0.717) is 0 Å². The van der Waals surface area contributed by atoms with Gasteiger partial charge in [-0.15, -0.1) is 0 Å². The van der Waals surface area contributed by atoms with Crippen molar-refractivity contribution < 1.29 is 4.42 Å². The molecule has 2 nitrogen and oxygen atoms in total. The summed E-state index contributed by atoms with van der Waals surface area (Å²) in [5.41, 5.74) is 23.0. The molecule has 0 amide bonds. The summed E-state index contributed by atoms with van der Waals surface area (Å²) in [6.07, 6.45) is 0. The van der Waals surface area contributed by atoms with E-state index in [0.717, 1.165) is 39.0 Å². The summed E-state index contributed by atoms with van der Waals surface area (Å²) in [6, 6.07) is 78.3. The maximum atomic E-state index is 6.23. The molecule has 0 radical (unpaired) electrons. The minimum Gasteiger partial charge on any atom is -0.456 e. The van der Waals surface area contributed by atoms with E-state index in [1.165, 1.54) is 88.7 Å². The number of nitrogens with zero attached hydrogens (tertiary/aromatic N) is 1. The van der Waals surface area contributed by atoms with Gasteiger partial charge in [0.1, 0.15) is 11.2 Å². The Morgan fingerprint density at radius 2 is 0.833 bits per heavy atom. The number of rotatable bonds is 6. The molecule has 10 aromatic carbocycles. The molecular weight excluding hydrogens is 799 g/mol. The summed E-state index contributed by atoms with van der Waals surface area (Å²) in [7, 11) is 0. The second-order valence-electron chi connectivity index (χ2n) is 19.3. The molecular formula is C64H47NO. The van der Waals surface area contributed by atoms with E-state index in [1.807, 2.05) is 6.07 Å². The van der Waals surface area contributed by atoms with Crippen LogP contribution in [0, 0.1) is 0 Å². The molecule has 0 saturated carbocycles. The Morgan fingerprint density at radius 1 is 0.303 bits per heavy atom. The maximum Gasteiger partial charge on any atom is 0.135 e. The van der Waals surface area contributed by atoms with Crippen LogP contribution in [0.2, 0.25) is 0 Å². The summed E-state index contributed by atoms with van der Waals surface area (Å²) < 4.78 is 6.23. The molecule has 2 heteroatoms. The zero-order chi connectivity index (χ0) is 44.3. The van der Waals surface area contributed by atoms with Crippen molar-refractivity contribution in [3.8, 4) is 55.6 Å². The molecule has 0 bridgehead atoms. The predicted octanol–water partition coefficient (Wildman–Crippen LogP) is 17.8. The van der Waals surface area contributed by atoms with Gasteiger partial charge in [-0.25, -0.2) is 0 Å². The maximum absolute atomic E-state index is 6.23. The largest absolute Gasteiger partial charge is 0.456 e. The first-order valence-electron chi connectivity index (χ1n) is 23.2. The molecule has 0 aliphatic heterocycles. The Labute approximate surface area is 386 Å². The molecule has 66 heavy (non-hydrogen) atoms. The van der Waals surface area contributed by atoms with Gasteiger partial charge in [0.25, 0.3) is 0 Å². The van der Waals surface area contributed by atoms with E-state index >= 15 is 0 Å². The van der Waals surface area contributed by atoms with E-state index in [4.69, 9.17) is 4.42 Å². The summed E-state index contributed by atoms with van der Waals surface area (Å²) in [5, 5.41) is 4.86. The van der Waals surface area contributed by atoms with Crippen molar-refractivity contribution in [3.05, 3.63) is 235 Å². The lowest BCUT2D eigenvalue weighted by molar-refractivity contribution is 0.660. The Kier molecular flexibility index (Phi) is 8.33. The van der Waals surface area contributed by atoms with Gasteiger partial charge in [0.05, 0.1) is 0 Å². The molecule has 1 heterocycles. The Hall–Kier alpha value is -7.94. The standard InChI is InChI=1S/C64H47NO/c1-63(2)56-20-12-10-17-49(56)50-34-32-47(38-58(50)63)65(45-28-22-41(23-29-45)40-14-6-5-7-15-40)46-30-24-42(25-31-46)43-26-33-53-57(37-43)64(3,4)59-39-54(48-16-8-9-19-52(48)62(53)59)44-27-35-61-55(36-44)51-18-11-13-21-60(51)66-61/h5-39H,1-4H3. The van der Waals surface area contributed by atoms with Gasteiger partial charge in [-0.2, -0.15) is 0 Å². The lowest BCUT2D eigenvalue weighted by Gasteiger charge is -2.28. The predicted molar refractivity (Wildman–Crippen MR) is 277 cm³/mol. The van der Waals surface area contributed by atoms with E-state index in [1.54, 1.807) is 0 Å². The van der Waals surface area contributed by atoms with E-state index < -0.39 is 0 Å². The first-order chi connectivity index (χ1) is 32.2. The summed E-state index contributed by atoms with van der Waals surface area (Å²) in [5.74, 6) is 0. The van der Waals surface area contributed by atoms with Gasteiger partial charge in [0, 0.05) is 38.7 Å². The molecule has 1 aromatic heterocycles. The minimum absolute atomic E-state index is 0.104. The number of fused-ring (bicyclic) bond motifs is 11. The Balaban J connectivity index is 0.886. The zero-order valence-corrected chi connectivity index (χ0v) is 37.6. The van der Waals surface area contributed by atoms with E-state index in [9.17, 15) is 0 Å². The van der Waals surface area contributed by atoms with E-state index in [-0.39, 0.29) is 10.8 Å². The smallest absolute Gasteiger partial charge is 0.135 e. The number of furan rings is 1. The van der Waals surface area contributed by atoms with Crippen LogP contribution in [0.5, 0.6) is 0 Å². The molecule has 2 aliphatic carbocycles. The number of hydrogen-bond donors (Lipinski definition) is 0. The summed E-state index contributed by atoms with van der Waals surface area (Å²) in [4.78, 5) is 2.41. The van der Waals surface area contributed by atoms with Gasteiger partial charge in [0.2, 0.25) is 0 Å². The second kappa shape index (κ2) is 14.3. The number of anilines is 3. The van der Waals surface area contributed by atoms with Crippen LogP contribution in [0.1, 0.15) is 49.9 Å². The number of benzene rings is 10. The van der Waals surface area contributed by atoms with Crippen LogP contribution in [0.15, 0.2) is 217 Å². The van der Waals surface area contributed by atoms with E-state index in [2.05, 4.69) is 239 Å². The molecule has 0 fully saturated rings. The van der Waals surface area contributed by atoms with Gasteiger partial charge in [-0.1, -0.05) is 173 Å². The summed E-state index contributed by atoms with van der Waals surface area (Å²) in [6.45, 7) is 9.51. The SMILES string of the molecule is CC1(C)c2ccccc2-c2ccc(N(c3ccc(-c4ccccc4)cc3)c3ccc(-c4ccc5c(c4)C(C)(C)c4cc(-c6ccc7oc8ccccc8c7c6)c6ccccc6c4-5)cc3)cc21. The first kappa shape index (κ1) is 38.5. The Bertz CT molecular complexity index is 3740. The van der Waals surface area contributed by atoms with Gasteiger partial charge in [0.15, 0.2) is 0 Å². The van der Waals surface area contributed by atoms with Crippen molar-refractivity contribution in [1.82, 2.24) is 0 Å². The third kappa shape index (κ3) is 5.74. The zero-order valence-electron chi connectivity index (χ0n) is 37.6. The van der Waals surface area contributed by atoms with Gasteiger partial charge >= 0.3 is 0 Å². The lowest BCUT2D eigenvalue weighted by atomic mass is 9.80. The van der Waals surface area contributed by atoms with Crippen molar-refractivity contribution in [2.45, 2.75) is 38.5 Å². The fraction of sp³-hybridized carbons (Fsp3) is 0.0938. The monoisotopic (exact) mass is 845 g/mol. The third-order valence-corrected chi connectivity index (χ3v) is 14.9. The topological polar surface area (TPSA) is 16.4 Å². The van der Waals surface area contributed by atoms with Crippen molar-refractivity contribution in [3.63, 3.8) is 0 Å². The fourth-order valence-corrected chi connectivity index (χ4v) is 11.4. The van der Waals surface area contributed by atoms with Gasteiger partial charge < -0.3 is 9.32 Å². The van der Waals surface area contributed by atoms with Gasteiger partial charge in [-0.3, -0.25) is 0 Å². The highest BCUT2D eigenvalue weighted by atomic mass is 16.3. The molecule has 0 atom stereocenters. The fourth-order valence-electron chi connectivity index (χ4n) is 11.4. The van der Waals surface area contributed by atoms with Crippen LogP contribution in [0.4, 0.5) is 17.1 Å². The average molecular weight is 846 g/mol. The van der Waals surface area contributed by atoms with Crippen LogP contribution >= 0.6 is 0 Å². The van der Waals surface area contributed by atoms with Crippen LogP contribution in [0.25, 0.3) is 88.3 Å². The van der Waals surface area contributed by atoms with Crippen LogP contribution < -0.4 is 4.90 Å². The van der Waals surface area contributed by atoms with Crippen LogP contribution in [-0.4, -0.2) is 0 Å². The first-order valence-corrected chi connectivity index (χ1v) is 23.2. The van der Waals surface area contributed by atoms with Crippen molar-refractivity contribution in [2.75, 3.05) is 4.90 Å². The molecule has 0 N–H and O–H groups in total. The third-order valence-electron chi connectivity index (χ3n) is 14.9. The minimum atomic E-state index is -0.213. The van der Waals surface area contributed by atoms with Crippen molar-refractivity contribution in [1.29, 1.82) is 0 Å². The van der Waals surface area contributed by atoms with Crippen molar-refractivity contribution >= 4 is 49.8 Å². The lowest BCUT2D eigenvalue weighted by Crippen LogP contribution is -2.16.